The van der Waals surface area contributed by atoms with Crippen molar-refractivity contribution in [1.82, 2.24) is 4.90 Å². The fraction of sp³-hybridized carbons (Fsp3) is 0.357. The number of aryl methyl sites for hydroxylation is 1. The second-order valence-electron chi connectivity index (χ2n) is 9.27. The van der Waals surface area contributed by atoms with Crippen LogP contribution in [-0.4, -0.2) is 32.1 Å². The van der Waals surface area contributed by atoms with Gasteiger partial charge >= 0.3 is 6.18 Å². The van der Waals surface area contributed by atoms with E-state index >= 15 is 0 Å². The molecule has 0 saturated heterocycles. The Morgan fingerprint density at radius 2 is 1.71 bits per heavy atom. The van der Waals surface area contributed by atoms with Crippen LogP contribution in [0.4, 0.5) is 13.2 Å². The van der Waals surface area contributed by atoms with Gasteiger partial charge in [0.15, 0.2) is 0 Å². The van der Waals surface area contributed by atoms with Crippen LogP contribution in [-0.2, 0) is 34.5 Å². The number of nitrogens with zero attached hydrogens (tertiary/aromatic N) is 1. The molecule has 0 saturated carbocycles. The molecule has 1 atom stereocenters. The van der Waals surface area contributed by atoms with E-state index in [1.165, 1.54) is 12.1 Å². The van der Waals surface area contributed by atoms with Crippen molar-refractivity contribution in [1.29, 1.82) is 0 Å². The quantitative estimate of drug-likeness (QED) is 0.372. The number of hydrogen-bond donors (Lipinski definition) is 0. The third kappa shape index (κ3) is 5.52. The first-order valence-electron chi connectivity index (χ1n) is 11.4. The molecule has 0 aliphatic carbocycles. The minimum absolute atomic E-state index is 0.0675. The molecular weight excluding hydrogens is 439 g/mol. The third-order valence-electron chi connectivity index (χ3n) is 6.28. The number of ether oxygens (including phenoxy) is 2. The Labute approximate surface area is 199 Å². The van der Waals surface area contributed by atoms with Gasteiger partial charge in [0.2, 0.25) is 0 Å². The first kappa shape index (κ1) is 24.5. The van der Waals surface area contributed by atoms with Crippen LogP contribution in [0, 0.1) is 6.92 Å². The molecular formula is C28H30F3NO2. The summed E-state index contributed by atoms with van der Waals surface area (Å²) in [6, 6.07) is 19.7. The summed E-state index contributed by atoms with van der Waals surface area (Å²) < 4.78 is 53.2. The van der Waals surface area contributed by atoms with Crippen molar-refractivity contribution in [2.24, 2.45) is 0 Å². The number of halogens is 3. The van der Waals surface area contributed by atoms with Gasteiger partial charge in [-0.25, -0.2) is 0 Å². The molecule has 1 unspecified atom stereocenters. The zero-order valence-electron chi connectivity index (χ0n) is 19.8. The second-order valence-corrected chi connectivity index (χ2v) is 9.27. The summed E-state index contributed by atoms with van der Waals surface area (Å²) >= 11 is 0. The van der Waals surface area contributed by atoms with E-state index in [9.17, 15) is 13.2 Å². The van der Waals surface area contributed by atoms with E-state index in [0.717, 1.165) is 35.2 Å². The van der Waals surface area contributed by atoms with E-state index in [2.05, 4.69) is 11.0 Å². The molecule has 0 N–H and O–H groups in total. The molecule has 0 aromatic heterocycles. The van der Waals surface area contributed by atoms with Crippen molar-refractivity contribution in [3.63, 3.8) is 0 Å². The fourth-order valence-electron chi connectivity index (χ4n) is 4.37. The maximum Gasteiger partial charge on any atom is 0.416 e. The molecule has 0 fully saturated rings. The van der Waals surface area contributed by atoms with E-state index in [-0.39, 0.29) is 13.2 Å². The lowest BCUT2D eigenvalue weighted by molar-refractivity contribution is -0.137. The zero-order valence-corrected chi connectivity index (χ0v) is 19.8. The highest BCUT2D eigenvalue weighted by molar-refractivity contribution is 5.65. The van der Waals surface area contributed by atoms with Crippen LogP contribution < -0.4 is 0 Å². The van der Waals surface area contributed by atoms with Crippen molar-refractivity contribution >= 4 is 0 Å². The standard InChI is InChI=1S/C28H30F3NO2/c1-20-8-10-22(11-9-20)24-14-21(15-25(16-24)28(29,30)31)17-33-19-27(12-13-32(2)3)26-7-5-4-6-23(26)18-34-27/h4-11,14-16H,12-13,17-19H2,1-3H3. The summed E-state index contributed by atoms with van der Waals surface area (Å²) in [7, 11) is 4.01. The number of fused-ring (bicyclic) bond motifs is 1. The van der Waals surface area contributed by atoms with Gasteiger partial charge in [-0.3, -0.25) is 0 Å². The largest absolute Gasteiger partial charge is 0.416 e. The van der Waals surface area contributed by atoms with Crippen LogP contribution in [0.2, 0.25) is 0 Å². The average molecular weight is 470 g/mol. The van der Waals surface area contributed by atoms with E-state index < -0.39 is 17.3 Å². The van der Waals surface area contributed by atoms with Gasteiger partial charge in [0.1, 0.15) is 5.60 Å². The molecule has 0 spiro atoms. The lowest BCUT2D eigenvalue weighted by atomic mass is 9.90. The van der Waals surface area contributed by atoms with Crippen molar-refractivity contribution in [2.45, 2.75) is 38.3 Å². The molecule has 4 rings (SSSR count). The molecule has 1 aliphatic heterocycles. The number of alkyl halides is 3. The van der Waals surface area contributed by atoms with Gasteiger partial charge in [0, 0.05) is 6.54 Å². The van der Waals surface area contributed by atoms with Crippen molar-refractivity contribution < 1.29 is 22.6 Å². The van der Waals surface area contributed by atoms with Gasteiger partial charge in [0.05, 0.1) is 25.4 Å². The van der Waals surface area contributed by atoms with Crippen molar-refractivity contribution in [3.8, 4) is 11.1 Å². The Morgan fingerprint density at radius 1 is 0.971 bits per heavy atom. The molecule has 3 aromatic rings. The van der Waals surface area contributed by atoms with Gasteiger partial charge in [-0.15, -0.1) is 0 Å². The number of hydrogen-bond acceptors (Lipinski definition) is 3. The molecule has 0 amide bonds. The lowest BCUT2D eigenvalue weighted by Crippen LogP contribution is -2.35. The number of benzene rings is 3. The summed E-state index contributed by atoms with van der Waals surface area (Å²) in [5.74, 6) is 0. The van der Waals surface area contributed by atoms with Gasteiger partial charge < -0.3 is 14.4 Å². The molecule has 180 valence electrons. The lowest BCUT2D eigenvalue weighted by Gasteiger charge is -2.31. The highest BCUT2D eigenvalue weighted by atomic mass is 19.4. The summed E-state index contributed by atoms with van der Waals surface area (Å²) in [4.78, 5) is 2.09. The molecule has 1 heterocycles. The third-order valence-corrected chi connectivity index (χ3v) is 6.28. The summed E-state index contributed by atoms with van der Waals surface area (Å²) in [5, 5.41) is 0. The normalized spacial score (nSPS) is 17.9. The summed E-state index contributed by atoms with van der Waals surface area (Å²) in [6.07, 6.45) is -3.70. The Hall–Kier alpha value is -2.67. The van der Waals surface area contributed by atoms with Gasteiger partial charge in [-0.05, 0) is 73.5 Å². The Kier molecular flexibility index (Phi) is 7.12. The minimum atomic E-state index is -4.43. The van der Waals surface area contributed by atoms with E-state index in [1.807, 2.05) is 63.5 Å². The maximum absolute atomic E-state index is 13.6. The monoisotopic (exact) mass is 469 g/mol. The fourth-order valence-corrected chi connectivity index (χ4v) is 4.37. The maximum atomic E-state index is 13.6. The SMILES string of the molecule is Cc1ccc(-c2cc(COCC3(CCN(C)C)OCc4ccccc43)cc(C(F)(F)F)c2)cc1. The number of rotatable bonds is 8. The van der Waals surface area contributed by atoms with Crippen LogP contribution in [0.25, 0.3) is 11.1 Å². The van der Waals surface area contributed by atoms with Crippen LogP contribution >= 0.6 is 0 Å². The van der Waals surface area contributed by atoms with E-state index in [0.29, 0.717) is 17.7 Å². The zero-order chi connectivity index (χ0) is 24.3. The summed E-state index contributed by atoms with van der Waals surface area (Å²) in [6.45, 7) is 3.60. The Morgan fingerprint density at radius 3 is 2.41 bits per heavy atom. The molecule has 3 aromatic carbocycles. The van der Waals surface area contributed by atoms with E-state index in [4.69, 9.17) is 9.47 Å². The predicted molar refractivity (Wildman–Crippen MR) is 127 cm³/mol. The van der Waals surface area contributed by atoms with Crippen LogP contribution in [0.15, 0.2) is 66.7 Å². The molecule has 34 heavy (non-hydrogen) atoms. The Bertz CT molecular complexity index is 1130. The predicted octanol–water partition coefficient (Wildman–Crippen LogP) is 6.57. The first-order valence-corrected chi connectivity index (χ1v) is 11.4. The second kappa shape index (κ2) is 9.90. The Balaban J connectivity index is 1.57. The first-order chi connectivity index (χ1) is 16.2. The van der Waals surface area contributed by atoms with Gasteiger partial charge in [0.25, 0.3) is 0 Å². The van der Waals surface area contributed by atoms with Gasteiger partial charge in [-0.1, -0.05) is 54.1 Å². The van der Waals surface area contributed by atoms with Crippen LogP contribution in [0.1, 0.15) is 34.2 Å². The molecule has 0 radical (unpaired) electrons. The van der Waals surface area contributed by atoms with E-state index in [1.54, 1.807) is 6.07 Å². The molecule has 6 heteroatoms. The highest BCUT2D eigenvalue weighted by Gasteiger charge is 2.40. The average Bonchev–Trinajstić information content (AvgIpc) is 3.16. The molecule has 3 nitrogen and oxygen atoms in total. The van der Waals surface area contributed by atoms with Gasteiger partial charge in [-0.2, -0.15) is 13.2 Å². The van der Waals surface area contributed by atoms with Crippen LogP contribution in [0.5, 0.6) is 0 Å². The smallest absolute Gasteiger partial charge is 0.373 e. The van der Waals surface area contributed by atoms with Crippen molar-refractivity contribution in [3.05, 3.63) is 94.5 Å². The topological polar surface area (TPSA) is 21.7 Å². The molecule has 1 aliphatic rings. The molecule has 0 bridgehead atoms. The minimum Gasteiger partial charge on any atom is -0.373 e. The van der Waals surface area contributed by atoms with Crippen LogP contribution in [0.3, 0.4) is 0 Å². The van der Waals surface area contributed by atoms with Crippen molar-refractivity contribution in [2.75, 3.05) is 27.2 Å². The highest BCUT2D eigenvalue weighted by Crippen LogP contribution is 2.40. The summed E-state index contributed by atoms with van der Waals surface area (Å²) in [5.41, 5.74) is 3.76.